The van der Waals surface area contributed by atoms with Crippen LogP contribution in [0.25, 0.3) is 6.08 Å². The first-order valence-corrected chi connectivity index (χ1v) is 13.7. The van der Waals surface area contributed by atoms with E-state index in [0.717, 1.165) is 75.1 Å². The highest BCUT2D eigenvalue weighted by Gasteiger charge is 2.34. The van der Waals surface area contributed by atoms with Gasteiger partial charge < -0.3 is 10.6 Å². The number of nitrogen functional groups attached to an aromatic ring is 1. The van der Waals surface area contributed by atoms with Crippen molar-refractivity contribution in [3.63, 3.8) is 0 Å². The molecule has 2 aromatic heterocycles. The molecule has 1 amide bonds. The Balaban J connectivity index is 1.06. The Morgan fingerprint density at radius 3 is 2.38 bits per heavy atom. The monoisotopic (exact) mass is 509 g/mol. The summed E-state index contributed by atoms with van der Waals surface area (Å²) in [5, 5.41) is 0. The Labute approximate surface area is 216 Å². The van der Waals surface area contributed by atoms with Gasteiger partial charge in [0.2, 0.25) is 11.9 Å². The molecule has 0 radical (unpaired) electrons. The number of halogens is 1. The van der Waals surface area contributed by atoms with Crippen LogP contribution in [-0.2, 0) is 24.3 Å². The van der Waals surface area contributed by atoms with Crippen molar-refractivity contribution in [3.8, 4) is 0 Å². The second-order valence-electron chi connectivity index (χ2n) is 11.2. The second-order valence-corrected chi connectivity index (χ2v) is 11.2. The maximum atomic E-state index is 14.1. The lowest BCUT2D eigenvalue weighted by Crippen LogP contribution is -2.46. The van der Waals surface area contributed by atoms with Gasteiger partial charge in [0.1, 0.15) is 5.83 Å². The van der Waals surface area contributed by atoms with E-state index >= 15 is 0 Å². The lowest BCUT2D eigenvalue weighted by molar-refractivity contribution is -0.138. The average Bonchev–Trinajstić information content (AvgIpc) is 3.70. The smallest absolute Gasteiger partial charge is 0.329 e. The number of nitrogens with two attached hydrogens (primary N) is 1. The minimum Gasteiger partial charge on any atom is -0.368 e. The highest BCUT2D eigenvalue weighted by atomic mass is 19.1. The summed E-state index contributed by atoms with van der Waals surface area (Å²) < 4.78 is 17.9. The van der Waals surface area contributed by atoms with Gasteiger partial charge in [0.15, 0.2) is 0 Å². The Kier molecular flexibility index (Phi) is 6.60. The fourth-order valence-electron chi connectivity index (χ4n) is 6.25. The summed E-state index contributed by atoms with van der Waals surface area (Å²) in [6, 6.07) is 0.0734. The molecule has 198 valence electrons. The van der Waals surface area contributed by atoms with E-state index in [1.165, 1.54) is 0 Å². The number of piperidine rings is 2. The van der Waals surface area contributed by atoms with E-state index in [-0.39, 0.29) is 35.3 Å². The second kappa shape index (κ2) is 10.0. The summed E-state index contributed by atoms with van der Waals surface area (Å²) in [5.74, 6) is 0.991. The van der Waals surface area contributed by atoms with Crippen LogP contribution in [0, 0.1) is 11.8 Å². The number of imidazole rings is 1. The van der Waals surface area contributed by atoms with Crippen molar-refractivity contribution < 1.29 is 9.18 Å². The number of hydrogen-bond acceptors (Lipinski definition) is 6. The van der Waals surface area contributed by atoms with E-state index in [9.17, 15) is 14.0 Å². The number of aromatic nitrogens is 4. The zero-order valence-electron chi connectivity index (χ0n) is 21.3. The predicted molar refractivity (Wildman–Crippen MR) is 138 cm³/mol. The van der Waals surface area contributed by atoms with Crippen molar-refractivity contribution in [2.45, 2.75) is 70.5 Å². The van der Waals surface area contributed by atoms with Crippen molar-refractivity contribution >= 4 is 17.9 Å². The van der Waals surface area contributed by atoms with E-state index in [1.807, 2.05) is 14.0 Å². The van der Waals surface area contributed by atoms with Gasteiger partial charge in [-0.05, 0) is 70.0 Å². The number of fused-ring (bicyclic) bond motifs is 1. The van der Waals surface area contributed by atoms with E-state index in [0.29, 0.717) is 38.4 Å². The van der Waals surface area contributed by atoms with Crippen LogP contribution in [0.4, 0.5) is 10.3 Å². The molecule has 10 heteroatoms. The summed E-state index contributed by atoms with van der Waals surface area (Å²) in [4.78, 5) is 39.2. The molecule has 4 aliphatic rings. The maximum absolute atomic E-state index is 14.1. The third kappa shape index (κ3) is 5.08. The number of rotatable bonds is 6. The Morgan fingerprint density at radius 1 is 1.00 bits per heavy atom. The zero-order chi connectivity index (χ0) is 25.5. The fraction of sp³-hybridized carbons (Fsp3) is 0.630. The molecule has 1 saturated carbocycles. The number of nitrogens with zero attached hydrogens (tertiary/aromatic N) is 6. The predicted octanol–water partition coefficient (Wildman–Crippen LogP) is 2.76. The molecule has 9 nitrogen and oxygen atoms in total. The van der Waals surface area contributed by atoms with Gasteiger partial charge in [-0.3, -0.25) is 18.8 Å². The van der Waals surface area contributed by atoms with E-state index in [1.54, 1.807) is 18.5 Å². The molecule has 4 heterocycles. The highest BCUT2D eigenvalue weighted by Crippen LogP contribution is 2.34. The van der Waals surface area contributed by atoms with Gasteiger partial charge in [-0.15, -0.1) is 0 Å². The Hall–Kier alpha value is -3.01. The molecule has 2 saturated heterocycles. The SMILES string of the molecule is Nc1ncc(CN2CCC(C(=O)N3CCC(n4c5c(n(CC6CC6)c4=O)C=C(F)CC5)CC3)CC2)cn1. The lowest BCUT2D eigenvalue weighted by atomic mass is 9.93. The quantitative estimate of drug-likeness (QED) is 0.643. The van der Waals surface area contributed by atoms with Gasteiger partial charge in [-0.1, -0.05) is 0 Å². The van der Waals surface area contributed by atoms with Crippen molar-refractivity contribution in [1.29, 1.82) is 0 Å². The van der Waals surface area contributed by atoms with Crippen LogP contribution in [0.2, 0.25) is 0 Å². The molecule has 3 fully saturated rings. The molecule has 2 aliphatic heterocycles. The van der Waals surface area contributed by atoms with Crippen LogP contribution in [0.5, 0.6) is 0 Å². The summed E-state index contributed by atoms with van der Waals surface area (Å²) in [7, 11) is 0. The molecule has 0 aromatic carbocycles. The van der Waals surface area contributed by atoms with Gasteiger partial charge in [0.25, 0.3) is 0 Å². The molecular weight excluding hydrogens is 473 g/mol. The molecule has 0 spiro atoms. The first-order valence-electron chi connectivity index (χ1n) is 13.7. The lowest BCUT2D eigenvalue weighted by Gasteiger charge is -2.37. The van der Waals surface area contributed by atoms with Gasteiger partial charge in [-0.2, -0.15) is 0 Å². The van der Waals surface area contributed by atoms with E-state index in [2.05, 4.69) is 14.9 Å². The van der Waals surface area contributed by atoms with Gasteiger partial charge in [0, 0.05) is 68.2 Å². The molecule has 6 rings (SSSR count). The maximum Gasteiger partial charge on any atom is 0.329 e. The molecule has 2 aromatic rings. The summed E-state index contributed by atoms with van der Waals surface area (Å²) >= 11 is 0. The van der Waals surface area contributed by atoms with Crippen LogP contribution < -0.4 is 11.4 Å². The molecule has 2 aliphatic carbocycles. The fourth-order valence-corrected chi connectivity index (χ4v) is 6.25. The Bertz CT molecular complexity index is 1230. The number of carbonyl (C=O) groups is 1. The normalized spacial score (nSPS) is 21.6. The average molecular weight is 510 g/mol. The van der Waals surface area contributed by atoms with Gasteiger partial charge in [-0.25, -0.2) is 19.2 Å². The topological polar surface area (TPSA) is 102 Å². The van der Waals surface area contributed by atoms with Gasteiger partial charge in [0.05, 0.1) is 5.69 Å². The van der Waals surface area contributed by atoms with Crippen LogP contribution in [-0.4, -0.2) is 61.0 Å². The standard InChI is InChI=1S/C27H36FN7O2/c28-21-3-4-23-24(13-21)34(17-18-1-2-18)27(37)35(23)22-7-11-33(12-8-22)25(36)20-5-9-32(10-6-20)16-19-14-30-26(29)31-15-19/h13-15,18,20,22H,1-12,16-17H2,(H2,29,30,31). The number of anilines is 1. The van der Waals surface area contributed by atoms with Gasteiger partial charge >= 0.3 is 5.69 Å². The number of carbonyl (C=O) groups excluding carboxylic acids is 1. The summed E-state index contributed by atoms with van der Waals surface area (Å²) in [6.07, 6.45) is 11.6. The van der Waals surface area contributed by atoms with Crippen molar-refractivity contribution in [1.82, 2.24) is 28.9 Å². The Morgan fingerprint density at radius 2 is 1.70 bits per heavy atom. The first kappa shape index (κ1) is 24.3. The van der Waals surface area contributed by atoms with Crippen molar-refractivity contribution in [3.05, 3.63) is 45.7 Å². The zero-order valence-corrected chi connectivity index (χ0v) is 21.3. The molecule has 0 unspecified atom stereocenters. The van der Waals surface area contributed by atoms with Crippen molar-refractivity contribution in [2.24, 2.45) is 11.8 Å². The largest absolute Gasteiger partial charge is 0.368 e. The highest BCUT2D eigenvalue weighted by molar-refractivity contribution is 5.79. The van der Waals surface area contributed by atoms with Crippen LogP contribution in [0.1, 0.15) is 67.9 Å². The van der Waals surface area contributed by atoms with E-state index < -0.39 is 0 Å². The molecule has 2 N–H and O–H groups in total. The number of amides is 1. The minimum absolute atomic E-state index is 0.00602. The van der Waals surface area contributed by atoms with Crippen LogP contribution in [0.15, 0.2) is 23.0 Å². The molecule has 0 bridgehead atoms. The summed E-state index contributed by atoms with van der Waals surface area (Å²) in [5.41, 5.74) is 8.37. The van der Waals surface area contributed by atoms with Crippen LogP contribution >= 0.6 is 0 Å². The number of allylic oxidation sites excluding steroid dienone is 1. The third-order valence-corrected chi connectivity index (χ3v) is 8.56. The number of likely N-dealkylation sites (tertiary alicyclic amines) is 2. The molecular formula is C27H36FN7O2. The number of hydrogen-bond donors (Lipinski definition) is 1. The van der Waals surface area contributed by atoms with Crippen molar-refractivity contribution in [2.75, 3.05) is 31.9 Å². The summed E-state index contributed by atoms with van der Waals surface area (Å²) in [6.45, 7) is 4.55. The van der Waals surface area contributed by atoms with Crippen LogP contribution in [0.3, 0.4) is 0 Å². The molecule has 0 atom stereocenters. The van der Waals surface area contributed by atoms with E-state index in [4.69, 9.17) is 5.73 Å². The third-order valence-electron chi connectivity index (χ3n) is 8.56. The minimum atomic E-state index is -0.137. The first-order chi connectivity index (χ1) is 18.0. The molecule has 37 heavy (non-hydrogen) atoms.